The van der Waals surface area contributed by atoms with E-state index in [9.17, 15) is 34.6 Å². The Labute approximate surface area is 265 Å². The van der Waals surface area contributed by atoms with Crippen molar-refractivity contribution in [2.24, 2.45) is 0 Å². The zero-order valence-electron chi connectivity index (χ0n) is 24.4. The zero-order valence-corrected chi connectivity index (χ0v) is 26.0. The summed E-state index contributed by atoms with van der Waals surface area (Å²) >= 11 is 3.31. The standard InChI is InChI=1S/C28H29BrN6O10/c1-16(27(37)30-22-13-19(34(39)40)8-10-24(22)43-3)33(32-26(36)15-45-21-7-5-6-18(29)12-21)17(2)28(38)31-23-14-20(35(41)42)9-11-25(23)44-4/h5-14,16-17H,15H2,1-4H3,(H,30,37)(H,31,38)(H,32,36)/t16-,17+. The number of nitrogens with zero attached hydrogens (tertiary/aromatic N) is 3. The first-order chi connectivity index (χ1) is 21.3. The molecule has 45 heavy (non-hydrogen) atoms. The molecule has 0 bridgehead atoms. The van der Waals surface area contributed by atoms with Gasteiger partial charge in [-0.3, -0.25) is 40.0 Å². The maximum absolute atomic E-state index is 13.4. The predicted octanol–water partition coefficient (Wildman–Crippen LogP) is 4.05. The van der Waals surface area contributed by atoms with E-state index in [1.54, 1.807) is 24.3 Å². The minimum absolute atomic E-state index is 0.0220. The average Bonchev–Trinajstić information content (AvgIpc) is 3.01. The molecular formula is C28H29BrN6O10. The SMILES string of the molecule is COc1ccc([N+](=O)[O-])cc1NC(=O)[C@@H](C)N(NC(=O)COc1cccc(Br)c1)[C@@H](C)C(=O)Nc1cc([N+](=O)[O-])ccc1OC. The summed E-state index contributed by atoms with van der Waals surface area (Å²) in [5, 5.41) is 28.7. The van der Waals surface area contributed by atoms with Crippen LogP contribution in [0.1, 0.15) is 13.8 Å². The Kier molecular flexibility index (Phi) is 11.7. The molecular weight excluding hydrogens is 660 g/mol. The molecule has 0 aliphatic carbocycles. The molecule has 0 saturated heterocycles. The number of ether oxygens (including phenoxy) is 3. The summed E-state index contributed by atoms with van der Waals surface area (Å²) in [7, 11) is 2.62. The number of hydrogen-bond donors (Lipinski definition) is 3. The van der Waals surface area contributed by atoms with Gasteiger partial charge < -0.3 is 24.8 Å². The van der Waals surface area contributed by atoms with Crippen LogP contribution in [0.25, 0.3) is 0 Å². The van der Waals surface area contributed by atoms with Crippen LogP contribution in [0, 0.1) is 20.2 Å². The van der Waals surface area contributed by atoms with Crippen molar-refractivity contribution in [2.75, 3.05) is 31.5 Å². The van der Waals surface area contributed by atoms with E-state index < -0.39 is 46.3 Å². The van der Waals surface area contributed by atoms with Gasteiger partial charge in [0.1, 0.15) is 29.3 Å². The lowest BCUT2D eigenvalue weighted by atomic mass is 10.2. The van der Waals surface area contributed by atoms with Crippen LogP contribution in [0.15, 0.2) is 65.1 Å². The van der Waals surface area contributed by atoms with E-state index in [0.29, 0.717) is 10.2 Å². The van der Waals surface area contributed by atoms with Gasteiger partial charge in [-0.25, -0.2) is 0 Å². The second kappa shape index (κ2) is 15.4. The van der Waals surface area contributed by atoms with Crippen LogP contribution in [0.3, 0.4) is 0 Å². The molecule has 3 aromatic carbocycles. The highest BCUT2D eigenvalue weighted by molar-refractivity contribution is 9.10. The van der Waals surface area contributed by atoms with E-state index in [-0.39, 0.29) is 34.2 Å². The summed E-state index contributed by atoms with van der Waals surface area (Å²) in [6.07, 6.45) is 0. The van der Waals surface area contributed by atoms with Crippen molar-refractivity contribution in [1.29, 1.82) is 0 Å². The van der Waals surface area contributed by atoms with Crippen LogP contribution in [-0.4, -0.2) is 65.5 Å². The molecule has 17 heteroatoms. The number of nitrogens with one attached hydrogen (secondary N) is 3. The van der Waals surface area contributed by atoms with Gasteiger partial charge in [-0.1, -0.05) is 22.0 Å². The van der Waals surface area contributed by atoms with Gasteiger partial charge in [-0.2, -0.15) is 5.01 Å². The van der Waals surface area contributed by atoms with Crippen molar-refractivity contribution in [1.82, 2.24) is 10.4 Å². The molecule has 3 amide bonds. The fraction of sp³-hybridized carbons (Fsp3) is 0.250. The molecule has 3 aromatic rings. The number of hydrazine groups is 1. The Morgan fingerprint density at radius 1 is 0.822 bits per heavy atom. The molecule has 2 atom stereocenters. The van der Waals surface area contributed by atoms with E-state index in [4.69, 9.17) is 14.2 Å². The van der Waals surface area contributed by atoms with Crippen LogP contribution in [-0.2, 0) is 14.4 Å². The first kappa shape index (κ1) is 34.2. The van der Waals surface area contributed by atoms with Gasteiger partial charge in [0.2, 0.25) is 11.8 Å². The van der Waals surface area contributed by atoms with Gasteiger partial charge in [0.05, 0.1) is 35.4 Å². The predicted molar refractivity (Wildman–Crippen MR) is 165 cm³/mol. The molecule has 0 fully saturated rings. The zero-order chi connectivity index (χ0) is 33.3. The largest absolute Gasteiger partial charge is 0.495 e. The van der Waals surface area contributed by atoms with Gasteiger partial charge in [0.15, 0.2) is 6.61 Å². The number of amides is 3. The lowest BCUT2D eigenvalue weighted by molar-refractivity contribution is -0.385. The maximum Gasteiger partial charge on any atom is 0.272 e. The summed E-state index contributed by atoms with van der Waals surface area (Å²) < 4.78 is 16.6. The second-order valence-corrected chi connectivity index (χ2v) is 10.2. The minimum Gasteiger partial charge on any atom is -0.495 e. The normalized spacial score (nSPS) is 12.0. The average molecular weight is 689 g/mol. The Morgan fingerprint density at radius 2 is 1.31 bits per heavy atom. The highest BCUT2D eigenvalue weighted by Gasteiger charge is 2.33. The molecule has 3 rings (SSSR count). The molecule has 0 aliphatic rings. The summed E-state index contributed by atoms with van der Waals surface area (Å²) in [4.78, 5) is 61.1. The smallest absolute Gasteiger partial charge is 0.272 e. The van der Waals surface area contributed by atoms with Crippen LogP contribution in [0.4, 0.5) is 22.7 Å². The molecule has 0 radical (unpaired) electrons. The first-order valence-corrected chi connectivity index (χ1v) is 13.9. The maximum atomic E-state index is 13.4. The monoisotopic (exact) mass is 688 g/mol. The number of benzene rings is 3. The van der Waals surface area contributed by atoms with Crippen LogP contribution in [0.5, 0.6) is 17.2 Å². The van der Waals surface area contributed by atoms with Crippen molar-refractivity contribution in [3.63, 3.8) is 0 Å². The molecule has 0 unspecified atom stereocenters. The molecule has 0 saturated carbocycles. The number of halogens is 1. The van der Waals surface area contributed by atoms with Crippen molar-refractivity contribution in [2.45, 2.75) is 25.9 Å². The van der Waals surface area contributed by atoms with Gasteiger partial charge >= 0.3 is 0 Å². The number of nitro groups is 2. The third-order valence-electron chi connectivity index (χ3n) is 6.32. The summed E-state index contributed by atoms with van der Waals surface area (Å²) in [5.41, 5.74) is 1.84. The summed E-state index contributed by atoms with van der Waals surface area (Å²) in [6.45, 7) is 2.27. The van der Waals surface area contributed by atoms with Gasteiger partial charge in [-0.15, -0.1) is 0 Å². The third kappa shape index (κ3) is 9.10. The van der Waals surface area contributed by atoms with Crippen LogP contribution in [0.2, 0.25) is 0 Å². The molecule has 0 spiro atoms. The topological polar surface area (TPSA) is 205 Å². The fourth-order valence-corrected chi connectivity index (χ4v) is 4.33. The van der Waals surface area contributed by atoms with E-state index >= 15 is 0 Å². The Morgan fingerprint density at radius 3 is 1.73 bits per heavy atom. The molecule has 0 aromatic heterocycles. The number of carbonyl (C=O) groups excluding carboxylic acids is 3. The number of anilines is 2. The van der Waals surface area contributed by atoms with Crippen molar-refractivity contribution in [3.05, 3.63) is 85.4 Å². The lowest BCUT2D eigenvalue weighted by Crippen LogP contribution is -2.59. The van der Waals surface area contributed by atoms with Crippen molar-refractivity contribution < 1.29 is 38.4 Å². The number of carbonyl (C=O) groups is 3. The molecule has 0 aliphatic heterocycles. The van der Waals surface area contributed by atoms with Crippen LogP contribution >= 0.6 is 15.9 Å². The Hall–Kier alpha value is -5.29. The van der Waals surface area contributed by atoms with Gasteiger partial charge in [0, 0.05) is 28.7 Å². The third-order valence-corrected chi connectivity index (χ3v) is 6.81. The fourth-order valence-electron chi connectivity index (χ4n) is 3.95. The minimum atomic E-state index is -1.27. The number of hydrogen-bond acceptors (Lipinski definition) is 11. The lowest BCUT2D eigenvalue weighted by Gasteiger charge is -2.33. The number of non-ortho nitro benzene ring substituents is 2. The molecule has 3 N–H and O–H groups in total. The Balaban J connectivity index is 1.88. The van der Waals surface area contributed by atoms with Crippen LogP contribution < -0.4 is 30.3 Å². The summed E-state index contributed by atoms with van der Waals surface area (Å²) in [5.74, 6) is -1.64. The quantitative estimate of drug-likeness (QED) is 0.163. The molecule has 16 nitrogen and oxygen atoms in total. The van der Waals surface area contributed by atoms with E-state index in [1.807, 2.05) is 0 Å². The summed E-state index contributed by atoms with van der Waals surface area (Å²) in [6, 6.07) is 11.4. The van der Waals surface area contributed by atoms with Crippen molar-refractivity contribution >= 4 is 56.4 Å². The number of methoxy groups -OCH3 is 2. The number of nitro benzene ring substituents is 2. The van der Waals surface area contributed by atoms with Gasteiger partial charge in [0.25, 0.3) is 17.3 Å². The number of rotatable bonds is 14. The highest BCUT2D eigenvalue weighted by Crippen LogP contribution is 2.30. The van der Waals surface area contributed by atoms with E-state index in [0.717, 1.165) is 17.1 Å². The van der Waals surface area contributed by atoms with Gasteiger partial charge in [-0.05, 0) is 44.2 Å². The first-order valence-electron chi connectivity index (χ1n) is 13.1. The molecule has 238 valence electrons. The van der Waals surface area contributed by atoms with E-state index in [2.05, 4.69) is 32.0 Å². The molecule has 0 heterocycles. The second-order valence-electron chi connectivity index (χ2n) is 9.30. The van der Waals surface area contributed by atoms with Crippen molar-refractivity contribution in [3.8, 4) is 17.2 Å². The Bertz CT molecular complexity index is 1520. The highest BCUT2D eigenvalue weighted by atomic mass is 79.9. The van der Waals surface area contributed by atoms with E-state index in [1.165, 1.54) is 52.3 Å².